The number of carbonyl (C=O) groups is 1. The first-order chi connectivity index (χ1) is 5.66. The molecule has 0 aliphatic carbocycles. The number of benzene rings is 1. The van der Waals surface area contributed by atoms with Crippen molar-refractivity contribution in [1.29, 1.82) is 0 Å². The van der Waals surface area contributed by atoms with Crippen LogP contribution in [0, 0.1) is 11.6 Å². The number of nitrogens with zero attached hydrogens (tertiary/aromatic N) is 1. The van der Waals surface area contributed by atoms with E-state index in [9.17, 15) is 13.6 Å². The van der Waals surface area contributed by atoms with Crippen LogP contribution in [-0.2, 0) is 4.79 Å². The summed E-state index contributed by atoms with van der Waals surface area (Å²) < 4.78 is 25.1. The number of hydrogen-bond acceptors (Lipinski definition) is 1. The summed E-state index contributed by atoms with van der Waals surface area (Å²) >= 11 is 0. The SMILES string of the molecule is O=C1C=c2cc(F)c(F)cc2=N1. The van der Waals surface area contributed by atoms with Gasteiger partial charge in [-0.2, -0.15) is 0 Å². The zero-order valence-electron chi connectivity index (χ0n) is 5.84. The monoisotopic (exact) mass is 167 g/mol. The van der Waals surface area contributed by atoms with E-state index in [1.54, 1.807) is 0 Å². The van der Waals surface area contributed by atoms with Crippen LogP contribution in [0.5, 0.6) is 0 Å². The van der Waals surface area contributed by atoms with E-state index in [-0.39, 0.29) is 5.36 Å². The van der Waals surface area contributed by atoms with Gasteiger partial charge in [-0.1, -0.05) is 0 Å². The first-order valence-corrected chi connectivity index (χ1v) is 3.26. The molecule has 1 heterocycles. The molecule has 0 saturated heterocycles. The topological polar surface area (TPSA) is 29.4 Å². The van der Waals surface area contributed by atoms with E-state index in [1.165, 1.54) is 0 Å². The number of carbonyl (C=O) groups excluding carboxylic acids is 1. The highest BCUT2D eigenvalue weighted by Gasteiger charge is 2.07. The minimum Gasteiger partial charge on any atom is -0.267 e. The molecular weight excluding hydrogens is 164 g/mol. The fourth-order valence-corrected chi connectivity index (χ4v) is 1.05. The molecule has 0 aromatic heterocycles. The van der Waals surface area contributed by atoms with Gasteiger partial charge in [-0.25, -0.2) is 13.8 Å². The molecule has 60 valence electrons. The van der Waals surface area contributed by atoms with Gasteiger partial charge >= 0.3 is 0 Å². The Morgan fingerprint density at radius 1 is 1.17 bits per heavy atom. The van der Waals surface area contributed by atoms with Gasteiger partial charge in [0.25, 0.3) is 5.91 Å². The van der Waals surface area contributed by atoms with Crippen LogP contribution in [0.4, 0.5) is 8.78 Å². The number of halogens is 2. The highest BCUT2D eigenvalue weighted by molar-refractivity contribution is 6.06. The molecule has 0 atom stereocenters. The number of fused-ring (bicyclic) bond motifs is 1. The number of rotatable bonds is 0. The first-order valence-electron chi connectivity index (χ1n) is 3.26. The summed E-state index contributed by atoms with van der Waals surface area (Å²) in [6.07, 6.45) is 1.16. The molecular formula is C8H3F2NO. The van der Waals surface area contributed by atoms with Gasteiger partial charge in [0.1, 0.15) is 0 Å². The molecule has 12 heavy (non-hydrogen) atoms. The minimum atomic E-state index is -0.986. The summed E-state index contributed by atoms with van der Waals surface area (Å²) in [5.41, 5.74) is 0. The van der Waals surface area contributed by atoms with Crippen LogP contribution in [0.3, 0.4) is 0 Å². The second-order valence-electron chi connectivity index (χ2n) is 2.42. The van der Waals surface area contributed by atoms with Gasteiger partial charge in [0, 0.05) is 17.4 Å². The molecule has 2 nitrogen and oxygen atoms in total. The van der Waals surface area contributed by atoms with Crippen molar-refractivity contribution < 1.29 is 13.6 Å². The Balaban J connectivity index is 2.89. The van der Waals surface area contributed by atoms with Crippen LogP contribution < -0.4 is 10.6 Å². The molecule has 0 fully saturated rings. The van der Waals surface area contributed by atoms with E-state index in [2.05, 4.69) is 4.99 Å². The van der Waals surface area contributed by atoms with Gasteiger partial charge in [-0.3, -0.25) is 4.79 Å². The average Bonchev–Trinajstić information content (AvgIpc) is 2.30. The molecule has 1 aromatic carbocycles. The zero-order chi connectivity index (χ0) is 8.72. The Hall–Kier alpha value is -1.58. The van der Waals surface area contributed by atoms with E-state index < -0.39 is 17.5 Å². The molecule has 1 aromatic rings. The van der Waals surface area contributed by atoms with E-state index >= 15 is 0 Å². The van der Waals surface area contributed by atoms with Crippen LogP contribution in [-0.4, -0.2) is 5.91 Å². The van der Waals surface area contributed by atoms with Crippen molar-refractivity contribution in [2.24, 2.45) is 4.99 Å². The lowest BCUT2D eigenvalue weighted by molar-refractivity contribution is -0.112. The molecule has 0 bridgehead atoms. The standard InChI is InChI=1S/C8H3F2NO/c9-5-1-4-2-8(12)11-7(4)3-6(5)10/h1-3H. The van der Waals surface area contributed by atoms with E-state index in [4.69, 9.17) is 0 Å². The third-order valence-corrected chi connectivity index (χ3v) is 1.58. The summed E-state index contributed by atoms with van der Waals surface area (Å²) in [6, 6.07) is 1.87. The molecule has 4 heteroatoms. The highest BCUT2D eigenvalue weighted by atomic mass is 19.2. The molecule has 1 aliphatic rings. The fourth-order valence-electron chi connectivity index (χ4n) is 1.05. The second-order valence-corrected chi connectivity index (χ2v) is 2.42. The Morgan fingerprint density at radius 2 is 1.83 bits per heavy atom. The largest absolute Gasteiger partial charge is 0.270 e. The van der Waals surface area contributed by atoms with Crippen molar-refractivity contribution in [3.05, 3.63) is 34.3 Å². The molecule has 0 unspecified atom stereocenters. The predicted octanol–water partition coefficient (Wildman–Crippen LogP) is -0.0949. The van der Waals surface area contributed by atoms with Crippen molar-refractivity contribution in [3.63, 3.8) is 0 Å². The van der Waals surface area contributed by atoms with Gasteiger partial charge in [0.05, 0.1) is 5.36 Å². The zero-order valence-corrected chi connectivity index (χ0v) is 5.84. The number of amides is 1. The van der Waals surface area contributed by atoms with E-state index in [0.29, 0.717) is 5.22 Å². The van der Waals surface area contributed by atoms with Gasteiger partial charge in [0.15, 0.2) is 11.6 Å². The predicted molar refractivity (Wildman–Crippen MR) is 36.6 cm³/mol. The van der Waals surface area contributed by atoms with Crippen molar-refractivity contribution in [3.8, 4) is 0 Å². The van der Waals surface area contributed by atoms with Crippen molar-refractivity contribution in [1.82, 2.24) is 0 Å². The summed E-state index contributed by atoms with van der Waals surface area (Å²) in [5, 5.41) is 0.526. The van der Waals surface area contributed by atoms with Crippen LogP contribution in [0.25, 0.3) is 6.08 Å². The minimum absolute atomic E-state index is 0.193. The lowest BCUT2D eigenvalue weighted by Gasteiger charge is -1.88. The number of hydrogen-bond donors (Lipinski definition) is 0. The van der Waals surface area contributed by atoms with Crippen LogP contribution in [0.1, 0.15) is 0 Å². The van der Waals surface area contributed by atoms with E-state index in [1.807, 2.05) is 0 Å². The Labute approximate surface area is 65.9 Å². The molecule has 0 radical (unpaired) electrons. The Morgan fingerprint density at radius 3 is 2.58 bits per heavy atom. The van der Waals surface area contributed by atoms with Crippen molar-refractivity contribution in [2.45, 2.75) is 0 Å². The third-order valence-electron chi connectivity index (χ3n) is 1.58. The summed E-state index contributed by atoms with van der Waals surface area (Å²) in [5.74, 6) is -2.43. The van der Waals surface area contributed by atoms with Crippen LogP contribution >= 0.6 is 0 Å². The molecule has 2 rings (SSSR count). The highest BCUT2D eigenvalue weighted by Crippen LogP contribution is 1.98. The maximum Gasteiger partial charge on any atom is 0.270 e. The Bertz CT molecular complexity index is 436. The quantitative estimate of drug-likeness (QED) is 0.530. The second kappa shape index (κ2) is 2.20. The average molecular weight is 167 g/mol. The molecule has 1 amide bonds. The molecule has 0 N–H and O–H groups in total. The van der Waals surface area contributed by atoms with E-state index in [0.717, 1.165) is 18.2 Å². The lowest BCUT2D eigenvalue weighted by atomic mass is 10.3. The smallest absolute Gasteiger partial charge is 0.267 e. The normalized spacial score (nSPS) is 13.7. The summed E-state index contributed by atoms with van der Waals surface area (Å²) in [6.45, 7) is 0. The summed E-state index contributed by atoms with van der Waals surface area (Å²) in [7, 11) is 0. The van der Waals surface area contributed by atoms with Gasteiger partial charge < -0.3 is 0 Å². The lowest BCUT2D eigenvalue weighted by Crippen LogP contribution is -2.22. The van der Waals surface area contributed by atoms with Crippen molar-refractivity contribution >= 4 is 12.0 Å². The molecule has 0 spiro atoms. The molecule has 1 aliphatic heterocycles. The van der Waals surface area contributed by atoms with Gasteiger partial charge in [-0.05, 0) is 6.07 Å². The van der Waals surface area contributed by atoms with Gasteiger partial charge in [0.2, 0.25) is 0 Å². The molecule has 0 saturated carbocycles. The maximum absolute atomic E-state index is 12.6. The van der Waals surface area contributed by atoms with Gasteiger partial charge in [-0.15, -0.1) is 0 Å². The summed E-state index contributed by atoms with van der Waals surface area (Å²) in [4.78, 5) is 14.1. The van der Waals surface area contributed by atoms with Crippen molar-refractivity contribution in [2.75, 3.05) is 0 Å². The Kier molecular flexibility index (Phi) is 1.30. The van der Waals surface area contributed by atoms with Crippen LogP contribution in [0.2, 0.25) is 0 Å². The maximum atomic E-state index is 12.6. The van der Waals surface area contributed by atoms with Crippen LogP contribution in [0.15, 0.2) is 17.1 Å². The third kappa shape index (κ3) is 0.922. The first kappa shape index (κ1) is 7.09. The fraction of sp³-hybridized carbons (Fsp3) is 0.